The van der Waals surface area contributed by atoms with Crippen LogP contribution in [0.2, 0.25) is 5.02 Å². The summed E-state index contributed by atoms with van der Waals surface area (Å²) < 4.78 is 11.0. The molecule has 0 aromatic heterocycles. The van der Waals surface area contributed by atoms with Gasteiger partial charge in [-0.05, 0) is 29.3 Å². The fourth-order valence-corrected chi connectivity index (χ4v) is 3.09. The Morgan fingerprint density at radius 1 is 1.14 bits per heavy atom. The van der Waals surface area contributed by atoms with E-state index in [1.54, 1.807) is 23.1 Å². The Bertz CT molecular complexity index is 883. The lowest BCUT2D eigenvalue weighted by molar-refractivity contribution is -0.127. The topological polar surface area (TPSA) is 81.9 Å². The second-order valence-electron chi connectivity index (χ2n) is 6.32. The molecule has 0 spiro atoms. The second kappa shape index (κ2) is 9.28. The molecule has 0 saturated carbocycles. The Labute approximate surface area is 168 Å². The molecule has 0 saturated heterocycles. The van der Waals surface area contributed by atoms with Gasteiger partial charge >= 0.3 is 0 Å². The van der Waals surface area contributed by atoms with Gasteiger partial charge in [0.1, 0.15) is 13.2 Å². The molecule has 1 aliphatic rings. The summed E-state index contributed by atoms with van der Waals surface area (Å²) in [6.45, 7) is 1.54. The monoisotopic (exact) mass is 400 g/mol. The Morgan fingerprint density at radius 2 is 1.89 bits per heavy atom. The summed E-state index contributed by atoms with van der Waals surface area (Å²) in [6.07, 6.45) is 3.21. The number of rotatable bonds is 7. The van der Waals surface area contributed by atoms with Gasteiger partial charge in [-0.15, -0.1) is 0 Å². The molecule has 0 fully saturated rings. The summed E-state index contributed by atoms with van der Waals surface area (Å²) in [5.41, 5.74) is 6.93. The van der Waals surface area contributed by atoms with Gasteiger partial charge in [0, 0.05) is 25.6 Å². The molecule has 2 amide bonds. The fourth-order valence-electron chi connectivity index (χ4n) is 2.82. The van der Waals surface area contributed by atoms with E-state index >= 15 is 0 Å². The fraction of sp³-hybridized carbons (Fsp3) is 0.238. The number of hydrogen-bond donors (Lipinski definition) is 1. The van der Waals surface area contributed by atoms with Crippen molar-refractivity contribution in [2.45, 2.75) is 13.0 Å². The first kappa shape index (κ1) is 19.8. The van der Waals surface area contributed by atoms with Crippen LogP contribution in [0.25, 0.3) is 6.08 Å². The van der Waals surface area contributed by atoms with Crippen LogP contribution in [0.3, 0.4) is 0 Å². The molecule has 7 heteroatoms. The SMILES string of the molecule is NC(=O)CCN(Cc1ccccc1)C(=O)C=Cc1cc(Cl)c2c(c1)OCCO2. The van der Waals surface area contributed by atoms with Crippen molar-refractivity contribution < 1.29 is 19.1 Å². The normalized spacial score (nSPS) is 12.8. The largest absolute Gasteiger partial charge is 0.486 e. The van der Waals surface area contributed by atoms with Crippen molar-refractivity contribution in [3.63, 3.8) is 0 Å². The Hall–Kier alpha value is -2.99. The molecule has 146 valence electrons. The highest BCUT2D eigenvalue weighted by atomic mass is 35.5. The molecule has 1 heterocycles. The maximum atomic E-state index is 12.7. The van der Waals surface area contributed by atoms with E-state index in [1.807, 2.05) is 30.3 Å². The maximum absolute atomic E-state index is 12.7. The van der Waals surface area contributed by atoms with E-state index in [9.17, 15) is 9.59 Å². The predicted molar refractivity (Wildman–Crippen MR) is 107 cm³/mol. The van der Waals surface area contributed by atoms with Gasteiger partial charge in [-0.25, -0.2) is 0 Å². The molecule has 0 unspecified atom stereocenters. The number of carbonyl (C=O) groups excluding carboxylic acids is 2. The lowest BCUT2D eigenvalue weighted by atomic mass is 10.1. The van der Waals surface area contributed by atoms with Crippen LogP contribution in [0.15, 0.2) is 48.5 Å². The van der Waals surface area contributed by atoms with Crippen LogP contribution in [-0.2, 0) is 16.1 Å². The minimum Gasteiger partial charge on any atom is -0.486 e. The van der Waals surface area contributed by atoms with E-state index < -0.39 is 5.91 Å². The summed E-state index contributed by atoms with van der Waals surface area (Å²) >= 11 is 6.23. The van der Waals surface area contributed by atoms with Gasteiger partial charge < -0.3 is 20.1 Å². The van der Waals surface area contributed by atoms with Crippen LogP contribution in [0.1, 0.15) is 17.5 Å². The average Bonchev–Trinajstić information content (AvgIpc) is 2.70. The van der Waals surface area contributed by atoms with Crippen LogP contribution in [-0.4, -0.2) is 36.5 Å². The highest BCUT2D eigenvalue weighted by Crippen LogP contribution is 2.38. The molecule has 3 rings (SSSR count). The number of primary amides is 1. The third-order valence-corrected chi connectivity index (χ3v) is 4.47. The molecule has 0 aliphatic carbocycles. The van der Waals surface area contributed by atoms with Gasteiger partial charge in [-0.3, -0.25) is 9.59 Å². The Kier molecular flexibility index (Phi) is 6.55. The van der Waals surface area contributed by atoms with Gasteiger partial charge in [0.15, 0.2) is 11.5 Å². The molecular weight excluding hydrogens is 380 g/mol. The van der Waals surface area contributed by atoms with E-state index in [1.165, 1.54) is 6.08 Å². The lowest BCUT2D eigenvalue weighted by Crippen LogP contribution is -2.32. The minimum atomic E-state index is -0.451. The van der Waals surface area contributed by atoms with Crippen molar-refractivity contribution in [3.05, 3.63) is 64.7 Å². The van der Waals surface area contributed by atoms with Crippen molar-refractivity contribution in [1.29, 1.82) is 0 Å². The molecule has 0 radical (unpaired) electrons. The van der Waals surface area contributed by atoms with Gasteiger partial charge in [0.2, 0.25) is 11.8 Å². The summed E-state index contributed by atoms with van der Waals surface area (Å²) in [4.78, 5) is 25.4. The van der Waals surface area contributed by atoms with Crippen LogP contribution < -0.4 is 15.2 Å². The molecule has 6 nitrogen and oxygen atoms in total. The zero-order valence-electron chi connectivity index (χ0n) is 15.3. The van der Waals surface area contributed by atoms with Crippen molar-refractivity contribution in [2.75, 3.05) is 19.8 Å². The number of amides is 2. The van der Waals surface area contributed by atoms with Crippen LogP contribution in [0.4, 0.5) is 0 Å². The third-order valence-electron chi connectivity index (χ3n) is 4.19. The summed E-state index contributed by atoms with van der Waals surface area (Å²) in [5.74, 6) is 0.397. The quantitative estimate of drug-likeness (QED) is 0.724. The van der Waals surface area contributed by atoms with Gasteiger partial charge in [0.25, 0.3) is 0 Å². The first-order valence-corrected chi connectivity index (χ1v) is 9.29. The van der Waals surface area contributed by atoms with Crippen molar-refractivity contribution in [1.82, 2.24) is 4.90 Å². The Morgan fingerprint density at radius 3 is 2.64 bits per heavy atom. The van der Waals surface area contributed by atoms with Crippen molar-refractivity contribution >= 4 is 29.5 Å². The first-order valence-electron chi connectivity index (χ1n) is 8.91. The first-order chi connectivity index (χ1) is 13.5. The molecule has 1 aliphatic heterocycles. The minimum absolute atomic E-state index is 0.0995. The number of benzene rings is 2. The van der Waals surface area contributed by atoms with Crippen molar-refractivity contribution in [2.24, 2.45) is 5.73 Å². The number of nitrogens with zero attached hydrogens (tertiary/aromatic N) is 1. The number of hydrogen-bond acceptors (Lipinski definition) is 4. The zero-order valence-corrected chi connectivity index (χ0v) is 16.0. The lowest BCUT2D eigenvalue weighted by Gasteiger charge is -2.21. The van der Waals surface area contributed by atoms with E-state index in [0.29, 0.717) is 36.3 Å². The van der Waals surface area contributed by atoms with E-state index in [2.05, 4.69) is 0 Å². The molecule has 2 aromatic rings. The predicted octanol–water partition coefficient (Wildman–Crippen LogP) is 3.03. The number of carbonyl (C=O) groups is 2. The second-order valence-corrected chi connectivity index (χ2v) is 6.73. The summed E-state index contributed by atoms with van der Waals surface area (Å²) in [5, 5.41) is 0.430. The highest BCUT2D eigenvalue weighted by Gasteiger charge is 2.17. The van der Waals surface area contributed by atoms with Crippen molar-refractivity contribution in [3.8, 4) is 11.5 Å². The van der Waals surface area contributed by atoms with E-state index in [4.69, 9.17) is 26.8 Å². The number of fused-ring (bicyclic) bond motifs is 1. The van der Waals surface area contributed by atoms with E-state index in [0.717, 1.165) is 11.1 Å². The van der Waals surface area contributed by atoms with Crippen LogP contribution >= 0.6 is 11.6 Å². The van der Waals surface area contributed by atoms with Gasteiger partial charge in [-0.1, -0.05) is 41.9 Å². The third kappa shape index (κ3) is 5.27. The smallest absolute Gasteiger partial charge is 0.246 e. The van der Waals surface area contributed by atoms with Crippen LogP contribution in [0.5, 0.6) is 11.5 Å². The molecular formula is C21H21ClN2O4. The highest BCUT2D eigenvalue weighted by molar-refractivity contribution is 6.32. The standard InChI is InChI=1S/C21H21ClN2O4/c22-17-12-16(13-18-21(17)28-11-10-27-18)6-7-20(26)24(9-8-19(23)25)14-15-4-2-1-3-5-15/h1-7,12-13H,8-11,14H2,(H2,23,25). The number of halogens is 1. The van der Waals surface area contributed by atoms with E-state index in [-0.39, 0.29) is 18.9 Å². The number of nitrogens with two attached hydrogens (primary N) is 1. The molecule has 28 heavy (non-hydrogen) atoms. The van der Waals surface area contributed by atoms with Crippen LogP contribution in [0, 0.1) is 0 Å². The summed E-state index contributed by atoms with van der Waals surface area (Å²) in [6, 6.07) is 13.0. The summed E-state index contributed by atoms with van der Waals surface area (Å²) in [7, 11) is 0. The Balaban J connectivity index is 1.75. The molecule has 0 atom stereocenters. The van der Waals surface area contributed by atoms with Gasteiger partial charge in [-0.2, -0.15) is 0 Å². The maximum Gasteiger partial charge on any atom is 0.246 e. The molecule has 0 bridgehead atoms. The average molecular weight is 401 g/mol. The zero-order chi connectivity index (χ0) is 19.9. The molecule has 2 aromatic carbocycles. The molecule has 2 N–H and O–H groups in total. The number of ether oxygens (including phenoxy) is 2. The van der Waals surface area contributed by atoms with Gasteiger partial charge in [0.05, 0.1) is 5.02 Å².